The predicted octanol–water partition coefficient (Wildman–Crippen LogP) is 4.57. The van der Waals surface area contributed by atoms with E-state index in [9.17, 15) is 32.0 Å². The summed E-state index contributed by atoms with van der Waals surface area (Å²) in [5.41, 5.74) is 1.33. The number of halogens is 2. The summed E-state index contributed by atoms with van der Waals surface area (Å²) >= 11 is 9.16. The van der Waals surface area contributed by atoms with Crippen LogP contribution in [0.4, 0.5) is 15.8 Å². The van der Waals surface area contributed by atoms with Gasteiger partial charge in [0.2, 0.25) is 21.8 Å². The number of carbonyl (C=O) groups is 3. The number of imide groups is 1. The quantitative estimate of drug-likeness (QED) is 0.232. The van der Waals surface area contributed by atoms with E-state index < -0.39 is 46.1 Å². The Kier molecular flexibility index (Phi) is 7.75. The Morgan fingerprint density at radius 1 is 1.02 bits per heavy atom. The number of rotatable bonds is 7. The second kappa shape index (κ2) is 11.8. The van der Waals surface area contributed by atoms with Crippen molar-refractivity contribution in [2.45, 2.75) is 27.5 Å². The van der Waals surface area contributed by atoms with Gasteiger partial charge in [0.25, 0.3) is 5.91 Å². The normalized spacial score (nSPS) is 26.8. The third kappa shape index (κ3) is 5.38. The summed E-state index contributed by atoms with van der Waals surface area (Å²) in [4.78, 5) is 58.1. The van der Waals surface area contributed by atoms with Gasteiger partial charge in [0.15, 0.2) is 6.61 Å². The lowest BCUT2D eigenvalue weighted by molar-refractivity contribution is -0.123. The fourth-order valence-corrected chi connectivity index (χ4v) is 11.7. The van der Waals surface area contributed by atoms with Crippen molar-refractivity contribution in [3.63, 3.8) is 0 Å². The van der Waals surface area contributed by atoms with E-state index in [0.717, 1.165) is 16.2 Å². The number of thioether (sulfide) groups is 1. The number of hydrogen-bond acceptors (Lipinski definition) is 9. The van der Waals surface area contributed by atoms with Gasteiger partial charge in [-0.25, -0.2) is 17.9 Å². The van der Waals surface area contributed by atoms with E-state index in [4.69, 9.17) is 21.5 Å². The Morgan fingerprint density at radius 2 is 1.71 bits per heavy atom. The lowest BCUT2D eigenvalue weighted by atomic mass is 9.68. The van der Waals surface area contributed by atoms with E-state index in [-0.39, 0.29) is 44.6 Å². The molecule has 4 aliphatic rings. The molecule has 49 heavy (non-hydrogen) atoms. The summed E-state index contributed by atoms with van der Waals surface area (Å²) in [7, 11) is -3.89. The van der Waals surface area contributed by atoms with E-state index in [0.29, 0.717) is 39.2 Å². The van der Waals surface area contributed by atoms with Gasteiger partial charge in [0.1, 0.15) is 11.6 Å². The molecule has 3 amide bonds. The van der Waals surface area contributed by atoms with Crippen LogP contribution in [-0.2, 0) is 24.4 Å². The van der Waals surface area contributed by atoms with Gasteiger partial charge in [-0.1, -0.05) is 22.9 Å². The average Bonchev–Trinajstić information content (AvgIpc) is 3.79. The second-order valence-corrected chi connectivity index (χ2v) is 16.7. The number of primary sulfonamides is 1. The number of carbonyl (C=O) groups excluding carboxylic acids is 3. The smallest absolute Gasteiger partial charge is 0.305 e. The van der Waals surface area contributed by atoms with Crippen LogP contribution in [-0.4, -0.2) is 43.0 Å². The van der Waals surface area contributed by atoms with Crippen LogP contribution in [0.5, 0.6) is 5.75 Å². The minimum absolute atomic E-state index is 0.0956. The number of hydrogen-bond donors (Lipinski definition) is 3. The van der Waals surface area contributed by atoms with Crippen LogP contribution in [0.1, 0.15) is 22.8 Å². The van der Waals surface area contributed by atoms with E-state index in [1.54, 1.807) is 18.2 Å². The zero-order valence-corrected chi connectivity index (χ0v) is 28.4. The average molecular weight is 741 g/mol. The molecule has 3 heterocycles. The van der Waals surface area contributed by atoms with Crippen LogP contribution in [0.3, 0.4) is 0 Å². The third-order valence-electron chi connectivity index (χ3n) is 9.94. The standard InChI is InChI=1S/C33H26ClFN4O7S3/c34-14-1-10-22(46-13-23(40)37-16-4-8-18(9-5-16)49(36,44)45)19(11-14)24-25-20-12-21(28(25)47-30-29(24)48-33(43)38-30)27-26(20)31(41)39(32(27)42)17-6-2-15(35)3-7-17/h1-11,20-21,24-28H,12-13H2,(H,37,40)(H,38,43)(H2,36,44,45)/t20-,21-,24+,25-,26+,27+,28-/m1/s1. The number of anilines is 2. The zero-order chi connectivity index (χ0) is 34.4. The molecule has 16 heteroatoms. The van der Waals surface area contributed by atoms with Gasteiger partial charge in [0.05, 0.1) is 27.4 Å². The van der Waals surface area contributed by atoms with E-state index in [1.807, 2.05) is 0 Å². The highest BCUT2D eigenvalue weighted by Gasteiger charge is 2.69. The number of sulfonamides is 1. The second-order valence-electron chi connectivity index (χ2n) is 12.5. The molecule has 2 aliphatic carbocycles. The Labute approximate surface area is 292 Å². The van der Waals surface area contributed by atoms with Crippen molar-refractivity contribution >= 4 is 73.8 Å². The number of aromatic nitrogens is 1. The summed E-state index contributed by atoms with van der Waals surface area (Å²) < 4.78 is 42.9. The number of amides is 3. The van der Waals surface area contributed by atoms with Crippen molar-refractivity contribution in [3.8, 4) is 5.75 Å². The van der Waals surface area contributed by atoms with Gasteiger partial charge in [-0.2, -0.15) is 0 Å². The predicted molar refractivity (Wildman–Crippen MR) is 181 cm³/mol. The maximum atomic E-state index is 14.0. The van der Waals surface area contributed by atoms with Crippen LogP contribution < -0.4 is 25.0 Å². The Bertz CT molecular complexity index is 2210. The lowest BCUT2D eigenvalue weighted by Crippen LogP contribution is -2.42. The third-order valence-corrected chi connectivity index (χ3v) is 13.7. The molecule has 2 saturated carbocycles. The number of fused-ring (bicyclic) bond motifs is 9. The highest BCUT2D eigenvalue weighted by Crippen LogP contribution is 2.69. The number of thiazole rings is 1. The van der Waals surface area contributed by atoms with E-state index in [1.165, 1.54) is 65.2 Å². The number of nitrogens with one attached hydrogen (secondary N) is 2. The van der Waals surface area contributed by atoms with E-state index in [2.05, 4.69) is 10.3 Å². The number of nitrogens with two attached hydrogens (primary N) is 1. The molecule has 2 bridgehead atoms. The van der Waals surface area contributed by atoms with Crippen LogP contribution in [0.15, 0.2) is 81.4 Å². The molecule has 7 atom stereocenters. The molecule has 4 aromatic rings. The summed E-state index contributed by atoms with van der Waals surface area (Å²) in [6, 6.07) is 15.8. The van der Waals surface area contributed by atoms with Crippen LogP contribution in [0.2, 0.25) is 5.02 Å². The monoisotopic (exact) mass is 740 g/mol. The Balaban J connectivity index is 1.11. The SMILES string of the molecule is NS(=O)(=O)c1ccc(NC(=O)COc2ccc(Cl)cc2[C@@H]2c3sc(=O)[nH]c3S[C@@H]3[C@@H]4C[C@@H]([C@@H]5C(=O)N(c6ccc(F)cc6)C(=O)[C@@H]45)[C@H]23)cc1. The number of ether oxygens (including phenoxy) is 1. The molecular formula is C33H26ClFN4O7S3. The van der Waals surface area contributed by atoms with Gasteiger partial charge >= 0.3 is 4.87 Å². The van der Waals surface area contributed by atoms with Crippen molar-refractivity contribution in [2.24, 2.45) is 34.7 Å². The molecule has 0 radical (unpaired) electrons. The summed E-state index contributed by atoms with van der Waals surface area (Å²) in [6.07, 6.45) is 0.658. The molecule has 11 nitrogen and oxygen atoms in total. The molecule has 4 N–H and O–H groups in total. The zero-order valence-electron chi connectivity index (χ0n) is 25.2. The van der Waals surface area contributed by atoms with Gasteiger partial charge in [-0.3, -0.25) is 24.1 Å². The van der Waals surface area contributed by atoms with Crippen molar-refractivity contribution in [1.82, 2.24) is 4.98 Å². The molecule has 8 rings (SSSR count). The van der Waals surface area contributed by atoms with Gasteiger partial charge in [0, 0.05) is 32.3 Å². The minimum atomic E-state index is -3.89. The van der Waals surface area contributed by atoms with Crippen molar-refractivity contribution in [2.75, 3.05) is 16.8 Å². The number of aromatic amines is 1. The minimum Gasteiger partial charge on any atom is -0.483 e. The van der Waals surface area contributed by atoms with Crippen molar-refractivity contribution in [1.29, 1.82) is 0 Å². The molecule has 1 aromatic heterocycles. The number of benzene rings is 3. The molecule has 0 unspecified atom stereocenters. The molecule has 2 aliphatic heterocycles. The van der Waals surface area contributed by atoms with Crippen LogP contribution in [0, 0.1) is 35.4 Å². The van der Waals surface area contributed by atoms with Crippen molar-refractivity contribution in [3.05, 3.63) is 97.7 Å². The van der Waals surface area contributed by atoms with Crippen molar-refractivity contribution < 1.29 is 31.9 Å². The molecule has 252 valence electrons. The van der Waals surface area contributed by atoms with Crippen LogP contribution >= 0.6 is 34.7 Å². The first-order valence-electron chi connectivity index (χ1n) is 15.3. The van der Waals surface area contributed by atoms with Gasteiger partial charge in [-0.15, -0.1) is 11.8 Å². The Hall–Kier alpha value is -4.02. The van der Waals surface area contributed by atoms with E-state index >= 15 is 0 Å². The summed E-state index contributed by atoms with van der Waals surface area (Å²) in [5.74, 6) is -3.21. The first kappa shape index (κ1) is 32.2. The number of H-pyrrole nitrogens is 1. The highest BCUT2D eigenvalue weighted by molar-refractivity contribution is 8.00. The maximum Gasteiger partial charge on any atom is 0.305 e. The summed E-state index contributed by atoms with van der Waals surface area (Å²) in [5, 5.41) is 8.83. The highest BCUT2D eigenvalue weighted by atomic mass is 35.5. The Morgan fingerprint density at radius 3 is 2.41 bits per heavy atom. The molecule has 3 fully saturated rings. The molecular weight excluding hydrogens is 715 g/mol. The largest absolute Gasteiger partial charge is 0.483 e. The molecule has 3 aromatic carbocycles. The topological polar surface area (TPSA) is 169 Å². The fourth-order valence-electron chi connectivity index (χ4n) is 8.17. The van der Waals surface area contributed by atoms with Crippen LogP contribution in [0.25, 0.3) is 0 Å². The number of nitrogens with zero attached hydrogens (tertiary/aromatic N) is 1. The lowest BCUT2D eigenvalue weighted by Gasteiger charge is -2.43. The van der Waals surface area contributed by atoms with Gasteiger partial charge in [-0.05, 0) is 90.9 Å². The van der Waals surface area contributed by atoms with Gasteiger partial charge < -0.3 is 15.0 Å². The fraction of sp³-hybridized carbons (Fsp3) is 0.273. The first-order chi connectivity index (χ1) is 23.4. The molecule has 1 saturated heterocycles. The molecule has 0 spiro atoms. The first-order valence-corrected chi connectivity index (χ1v) is 18.9. The summed E-state index contributed by atoms with van der Waals surface area (Å²) in [6.45, 7) is -0.395. The maximum absolute atomic E-state index is 14.0.